The average Bonchev–Trinajstić information content (AvgIpc) is 1.59. The maximum atomic E-state index is 6.87. The molecule has 0 atom stereocenters. The Balaban J connectivity index is 0.000000111. The van der Waals surface area contributed by atoms with Gasteiger partial charge in [0.1, 0.15) is 44.7 Å². The number of fused-ring (bicyclic) bond motifs is 13. The minimum Gasteiger partial charge on any atom is -0.456 e. The summed E-state index contributed by atoms with van der Waals surface area (Å²) in [6.07, 6.45) is 0. The molecule has 0 radical (unpaired) electrons. The molecule has 0 saturated heterocycles. The van der Waals surface area contributed by atoms with Gasteiger partial charge in [0.25, 0.3) is 0 Å². The van der Waals surface area contributed by atoms with Crippen molar-refractivity contribution in [1.82, 2.24) is 39.9 Å². The van der Waals surface area contributed by atoms with Gasteiger partial charge in [-0.1, -0.05) is 382 Å². The van der Waals surface area contributed by atoms with E-state index in [1.165, 1.54) is 16.7 Å². The summed E-state index contributed by atoms with van der Waals surface area (Å²) in [5.74, 6) is 4.41. The minimum atomic E-state index is 0.591. The molecule has 0 aliphatic rings. The fourth-order valence-corrected chi connectivity index (χ4v) is 18.2. The molecule has 0 saturated carbocycles. The van der Waals surface area contributed by atoms with E-state index < -0.39 is 0 Å². The summed E-state index contributed by atoms with van der Waals surface area (Å²) >= 11 is 0. The van der Waals surface area contributed by atoms with Crippen LogP contribution in [0.3, 0.4) is 0 Å². The highest BCUT2D eigenvalue weighted by molar-refractivity contribution is 6.17. The van der Waals surface area contributed by atoms with Crippen LogP contribution in [-0.2, 0) is 0 Å². The molecule has 7 aromatic heterocycles. The third-order valence-electron chi connectivity index (χ3n) is 24.8. The van der Waals surface area contributed by atoms with Gasteiger partial charge in [0.15, 0.2) is 40.8 Å². The van der Waals surface area contributed by atoms with Crippen molar-refractivity contribution in [1.29, 1.82) is 0 Å². The van der Waals surface area contributed by atoms with Gasteiger partial charge in [0, 0.05) is 115 Å². The topological polar surface area (TPSA) is 156 Å². The normalized spacial score (nSPS) is 11.4. The number of hydrogen-bond acceptors (Lipinski definition) is 12. The number of hydrogen-bond donors (Lipinski definition) is 0. The first kappa shape index (κ1) is 79.2. The Hall–Kier alpha value is -18.3. The van der Waals surface area contributed by atoms with Crippen molar-refractivity contribution < 1.29 is 17.7 Å². The van der Waals surface area contributed by atoms with Gasteiger partial charge in [0.2, 0.25) is 0 Å². The van der Waals surface area contributed by atoms with Gasteiger partial charge in [-0.25, -0.2) is 39.9 Å². The highest BCUT2D eigenvalue weighted by Crippen LogP contribution is 2.47. The largest absolute Gasteiger partial charge is 0.456 e. The van der Waals surface area contributed by atoms with Crippen LogP contribution in [0.5, 0.6) is 0 Å². The average molecular weight is 1720 g/mol. The fourth-order valence-electron chi connectivity index (χ4n) is 18.2. The van der Waals surface area contributed by atoms with Gasteiger partial charge in [-0.3, -0.25) is 0 Å². The van der Waals surface area contributed by atoms with Crippen LogP contribution in [-0.4, -0.2) is 39.9 Å². The van der Waals surface area contributed by atoms with Crippen molar-refractivity contribution in [3.05, 3.63) is 461 Å². The first-order valence-electron chi connectivity index (χ1n) is 44.6. The van der Waals surface area contributed by atoms with Crippen LogP contribution in [0, 0.1) is 0 Å². The molecule has 0 N–H and O–H groups in total. The van der Waals surface area contributed by atoms with E-state index in [-0.39, 0.29) is 0 Å². The summed E-state index contributed by atoms with van der Waals surface area (Å²) in [7, 11) is 0. The third-order valence-corrected chi connectivity index (χ3v) is 24.8. The third kappa shape index (κ3) is 15.2. The molecule has 26 aromatic rings. The first-order chi connectivity index (χ1) is 66.4. The van der Waals surface area contributed by atoms with Gasteiger partial charge in [0.05, 0.1) is 11.2 Å². The van der Waals surface area contributed by atoms with Gasteiger partial charge < -0.3 is 17.7 Å². The molecule has 26 rings (SSSR count). The predicted octanol–water partition coefficient (Wildman–Crippen LogP) is 32.3. The highest BCUT2D eigenvalue weighted by Gasteiger charge is 2.24. The smallest absolute Gasteiger partial charge is 0.164 e. The standard InChI is InChI=1S/C45H29N3O.C44H28N2O.C33H19N3O2/c1-5-15-30(16-6-1)36-28-39(31-17-7-2-8-18-31)42-40(29-36)38-26-14-25-37(41(38)49-42)34-23-13-24-35(27-34)45-47-43(32-19-9-3-10-20-32)46-44(48-45)33-21-11-4-12-22-33;1-4-13-29(14-5-1)34-27-38(30-15-6-2-7-16-30)43-39(28-34)36-21-12-20-35(42(36)47-43)31-23-25-33(26-24-31)44-45-40-22-11-10-19-37(40)41(46-44)32-17-8-3-9-18-32;1-2-8-20(9-3-1)31-34-32(21-15-17-29-26(18-21)24-11-5-7-13-28(24)37-29)36-33(35-31)22-14-16-25-23-10-4-6-12-27(23)38-30(25)19-22/h1-29H;1-28H;1-19H. The van der Waals surface area contributed by atoms with Crippen LogP contribution >= 0.6 is 0 Å². The van der Waals surface area contributed by atoms with Crippen molar-refractivity contribution in [3.8, 4) is 158 Å². The first-order valence-corrected chi connectivity index (χ1v) is 44.6. The summed E-state index contributed by atoms with van der Waals surface area (Å²) in [5, 5.41) is 9.67. The highest BCUT2D eigenvalue weighted by atomic mass is 16.3. The van der Waals surface area contributed by atoms with E-state index in [2.05, 4.69) is 267 Å². The molecule has 0 spiro atoms. The number of benzene rings is 19. The van der Waals surface area contributed by atoms with E-state index in [1.807, 2.05) is 194 Å². The van der Waals surface area contributed by atoms with E-state index >= 15 is 0 Å². The molecule has 0 fully saturated rings. The van der Waals surface area contributed by atoms with Crippen LogP contribution in [0.1, 0.15) is 0 Å². The maximum absolute atomic E-state index is 6.87. The molecular weight excluding hydrogens is 1640 g/mol. The van der Waals surface area contributed by atoms with Crippen LogP contribution in [0.15, 0.2) is 479 Å². The fraction of sp³-hybridized carbons (Fsp3) is 0. The summed E-state index contributed by atoms with van der Waals surface area (Å²) in [4.78, 5) is 39.5. The van der Waals surface area contributed by atoms with E-state index in [0.717, 1.165) is 199 Å². The van der Waals surface area contributed by atoms with Gasteiger partial charge in [-0.05, 0) is 123 Å². The van der Waals surface area contributed by atoms with Crippen LogP contribution < -0.4 is 0 Å². The molecule has 0 amide bonds. The molecule has 12 heteroatoms. The van der Waals surface area contributed by atoms with Crippen molar-refractivity contribution in [2.45, 2.75) is 0 Å². The molecule has 19 aromatic carbocycles. The zero-order valence-corrected chi connectivity index (χ0v) is 72.1. The van der Waals surface area contributed by atoms with E-state index in [4.69, 9.17) is 57.5 Å². The van der Waals surface area contributed by atoms with Gasteiger partial charge in [-0.2, -0.15) is 0 Å². The van der Waals surface area contributed by atoms with E-state index in [0.29, 0.717) is 40.8 Å². The van der Waals surface area contributed by atoms with Crippen molar-refractivity contribution in [2.75, 3.05) is 0 Å². The van der Waals surface area contributed by atoms with Gasteiger partial charge in [-0.15, -0.1) is 0 Å². The lowest BCUT2D eigenvalue weighted by Gasteiger charge is -2.10. The molecule has 0 unspecified atom stereocenters. The second-order valence-corrected chi connectivity index (χ2v) is 33.1. The Labute approximate surface area is 769 Å². The maximum Gasteiger partial charge on any atom is 0.164 e. The van der Waals surface area contributed by atoms with Crippen molar-refractivity contribution >= 4 is 98.7 Å². The Bertz CT molecular complexity index is 8850. The summed E-state index contributed by atoms with van der Waals surface area (Å²) in [6, 6.07) is 158. The lowest BCUT2D eigenvalue weighted by Crippen LogP contribution is -2.00. The van der Waals surface area contributed by atoms with Crippen LogP contribution in [0.25, 0.3) is 256 Å². The number of para-hydroxylation sites is 5. The number of rotatable bonds is 14. The van der Waals surface area contributed by atoms with Gasteiger partial charge >= 0.3 is 0 Å². The summed E-state index contributed by atoms with van der Waals surface area (Å²) in [6.45, 7) is 0. The Kier molecular flexibility index (Phi) is 20.3. The Morgan fingerprint density at radius 3 is 0.925 bits per heavy atom. The van der Waals surface area contributed by atoms with Crippen LogP contribution in [0.4, 0.5) is 0 Å². The molecule has 12 nitrogen and oxygen atoms in total. The lowest BCUT2D eigenvalue weighted by atomic mass is 9.95. The Morgan fingerprint density at radius 1 is 0.127 bits per heavy atom. The SMILES string of the molecule is c1ccc(-c2cc(-c3ccccc3)c3oc4c(-c5ccc(-c6nc(-c7ccccc7)c7ccccc7n6)cc5)cccc4c3c2)cc1.c1ccc(-c2cc(-c3ccccc3)c3oc4c(-c5cccc(-c6nc(-c7ccccc7)nc(-c7ccccc7)n6)c5)cccc4c3c2)cc1.c1ccc(-c2nc(-c3ccc4c(c3)oc3ccccc34)nc(-c3ccc4oc5ccccc5c4c3)n2)cc1. The predicted molar refractivity (Wildman–Crippen MR) is 544 cm³/mol. The summed E-state index contributed by atoms with van der Waals surface area (Å²) < 4.78 is 25.9. The number of aromatic nitrogens is 8. The van der Waals surface area contributed by atoms with Crippen molar-refractivity contribution in [2.24, 2.45) is 0 Å². The molecule has 0 aliphatic carbocycles. The zero-order chi connectivity index (χ0) is 88.8. The minimum absolute atomic E-state index is 0.591. The van der Waals surface area contributed by atoms with Crippen molar-refractivity contribution in [3.63, 3.8) is 0 Å². The molecule has 7 heterocycles. The van der Waals surface area contributed by atoms with E-state index in [9.17, 15) is 0 Å². The van der Waals surface area contributed by atoms with E-state index in [1.54, 1.807) is 0 Å². The second kappa shape index (κ2) is 34.4. The Morgan fingerprint density at radius 2 is 0.425 bits per heavy atom. The number of nitrogens with zero attached hydrogens (tertiary/aromatic N) is 8. The lowest BCUT2D eigenvalue weighted by molar-refractivity contribution is 0.668. The molecule has 628 valence electrons. The molecule has 134 heavy (non-hydrogen) atoms. The quantitative estimate of drug-likeness (QED) is 0.102. The van der Waals surface area contributed by atoms with Crippen LogP contribution in [0.2, 0.25) is 0 Å². The number of furan rings is 4. The molecule has 0 aliphatic heterocycles. The second-order valence-electron chi connectivity index (χ2n) is 33.1. The monoisotopic (exact) mass is 1720 g/mol. The molecular formula is C122H76N8O4. The zero-order valence-electron chi connectivity index (χ0n) is 72.1. The summed E-state index contributed by atoms with van der Waals surface area (Å²) in [5.41, 5.74) is 29.5. The molecule has 0 bridgehead atoms.